The first-order valence-corrected chi connectivity index (χ1v) is 9.80. The maximum absolute atomic E-state index is 12.5. The third kappa shape index (κ3) is 6.21. The third-order valence-electron chi connectivity index (χ3n) is 4.90. The Morgan fingerprint density at radius 1 is 1.23 bits per heavy atom. The molecule has 0 radical (unpaired) electrons. The van der Waals surface area contributed by atoms with E-state index in [0.29, 0.717) is 41.7 Å². The predicted molar refractivity (Wildman–Crippen MR) is 113 cm³/mol. The molecule has 0 fully saturated rings. The van der Waals surface area contributed by atoms with Crippen LogP contribution in [-0.2, 0) is 16.0 Å². The second kappa shape index (κ2) is 10.5. The standard InChI is InChI=1S/C21H27N3O7/c1-11-8-15(30-3)18-12(2)13(20(28)31-16(18)9-11)10-17(25)24-14(19(26)27)6-4-5-7-23-21(22)29/h8-9,14H,4-7,10H2,1-3H3,(H,24,25)(H,26,27)(H3,22,23,29)/t14-/m0/s1. The van der Waals surface area contributed by atoms with E-state index in [1.54, 1.807) is 19.1 Å². The molecule has 3 amide bonds. The fraction of sp³-hybridized carbons (Fsp3) is 0.429. The van der Waals surface area contributed by atoms with Crippen molar-refractivity contribution in [2.24, 2.45) is 5.73 Å². The van der Waals surface area contributed by atoms with Crippen LogP contribution in [0.5, 0.6) is 5.75 Å². The molecule has 1 aromatic carbocycles. The van der Waals surface area contributed by atoms with Crippen LogP contribution in [0, 0.1) is 13.8 Å². The van der Waals surface area contributed by atoms with Crippen LogP contribution in [0.15, 0.2) is 21.3 Å². The van der Waals surface area contributed by atoms with Gasteiger partial charge in [-0.2, -0.15) is 0 Å². The van der Waals surface area contributed by atoms with Gasteiger partial charge in [-0.3, -0.25) is 4.79 Å². The van der Waals surface area contributed by atoms with Crippen LogP contribution in [0.25, 0.3) is 11.0 Å². The molecule has 10 heteroatoms. The number of amides is 3. The molecule has 5 N–H and O–H groups in total. The van der Waals surface area contributed by atoms with Crippen molar-refractivity contribution in [3.8, 4) is 5.75 Å². The zero-order valence-electron chi connectivity index (χ0n) is 17.7. The summed E-state index contributed by atoms with van der Waals surface area (Å²) in [6.07, 6.45) is 0.800. The molecule has 0 unspecified atom stereocenters. The van der Waals surface area contributed by atoms with E-state index in [-0.39, 0.29) is 18.4 Å². The van der Waals surface area contributed by atoms with E-state index >= 15 is 0 Å². The second-order valence-corrected chi connectivity index (χ2v) is 7.26. The first-order chi connectivity index (χ1) is 14.6. The average Bonchev–Trinajstić information content (AvgIpc) is 2.68. The minimum atomic E-state index is -1.18. The molecule has 0 spiro atoms. The number of benzene rings is 1. The monoisotopic (exact) mass is 433 g/mol. The van der Waals surface area contributed by atoms with Gasteiger partial charge >= 0.3 is 17.6 Å². The number of carboxylic acid groups (broad SMARTS) is 1. The van der Waals surface area contributed by atoms with Crippen molar-refractivity contribution < 1.29 is 28.6 Å². The Balaban J connectivity index is 2.14. The highest BCUT2D eigenvalue weighted by atomic mass is 16.5. The number of hydrogen-bond acceptors (Lipinski definition) is 6. The molecule has 0 saturated carbocycles. The van der Waals surface area contributed by atoms with Gasteiger partial charge in [0, 0.05) is 6.54 Å². The van der Waals surface area contributed by atoms with E-state index in [1.165, 1.54) is 7.11 Å². The van der Waals surface area contributed by atoms with Gasteiger partial charge in [0.05, 0.1) is 24.5 Å². The van der Waals surface area contributed by atoms with Gasteiger partial charge in [-0.05, 0) is 56.4 Å². The Morgan fingerprint density at radius 2 is 1.94 bits per heavy atom. The highest BCUT2D eigenvalue weighted by Crippen LogP contribution is 2.30. The summed E-state index contributed by atoms with van der Waals surface area (Å²) in [6.45, 7) is 3.85. The largest absolute Gasteiger partial charge is 0.496 e. The molecule has 2 aromatic rings. The Labute approximate surface area is 178 Å². The number of nitrogens with two attached hydrogens (primary N) is 1. The molecule has 0 aliphatic carbocycles. The van der Waals surface area contributed by atoms with E-state index in [0.717, 1.165) is 5.56 Å². The molecule has 2 rings (SSSR count). The van der Waals surface area contributed by atoms with E-state index in [2.05, 4.69) is 10.6 Å². The molecule has 10 nitrogen and oxygen atoms in total. The minimum absolute atomic E-state index is 0.141. The lowest BCUT2D eigenvalue weighted by atomic mass is 10.0. The van der Waals surface area contributed by atoms with Crippen molar-refractivity contribution >= 4 is 28.9 Å². The summed E-state index contributed by atoms with van der Waals surface area (Å²) in [7, 11) is 1.50. The van der Waals surface area contributed by atoms with Gasteiger partial charge in [-0.25, -0.2) is 14.4 Å². The number of carbonyl (C=O) groups is 3. The number of primary amides is 1. The Kier molecular flexibility index (Phi) is 8.00. The number of carboxylic acids is 1. The maximum Gasteiger partial charge on any atom is 0.340 e. The van der Waals surface area contributed by atoms with Gasteiger partial charge in [0.15, 0.2) is 0 Å². The SMILES string of the molecule is COc1cc(C)cc2oc(=O)c(CC(=O)N[C@@H](CCCCNC(N)=O)C(=O)O)c(C)c12. The summed E-state index contributed by atoms with van der Waals surface area (Å²) in [6, 6.07) is 1.74. The molecular weight excluding hydrogens is 406 g/mol. The van der Waals surface area contributed by atoms with Crippen LogP contribution in [0.2, 0.25) is 0 Å². The van der Waals surface area contributed by atoms with Gasteiger partial charge < -0.3 is 30.6 Å². The van der Waals surface area contributed by atoms with E-state index in [4.69, 9.17) is 14.9 Å². The normalized spacial score (nSPS) is 11.7. The minimum Gasteiger partial charge on any atom is -0.496 e. The Morgan fingerprint density at radius 3 is 2.55 bits per heavy atom. The zero-order valence-corrected chi connectivity index (χ0v) is 17.7. The van der Waals surface area contributed by atoms with Gasteiger partial charge in [-0.15, -0.1) is 0 Å². The number of urea groups is 1. The Hall–Kier alpha value is -3.56. The van der Waals surface area contributed by atoms with E-state index in [9.17, 15) is 24.3 Å². The molecule has 1 aromatic heterocycles. The first-order valence-electron chi connectivity index (χ1n) is 9.80. The smallest absolute Gasteiger partial charge is 0.340 e. The number of unbranched alkanes of at least 4 members (excludes halogenated alkanes) is 1. The van der Waals surface area contributed by atoms with Crippen LogP contribution < -0.4 is 26.7 Å². The molecule has 1 heterocycles. The number of hydrogen-bond donors (Lipinski definition) is 4. The van der Waals surface area contributed by atoms with Crippen LogP contribution in [0.3, 0.4) is 0 Å². The predicted octanol–water partition coefficient (Wildman–Crippen LogP) is 1.37. The van der Waals surface area contributed by atoms with Gasteiger partial charge in [0.25, 0.3) is 0 Å². The quantitative estimate of drug-likeness (QED) is 0.325. The third-order valence-corrected chi connectivity index (χ3v) is 4.90. The fourth-order valence-electron chi connectivity index (χ4n) is 3.35. The number of ether oxygens (including phenoxy) is 1. The zero-order chi connectivity index (χ0) is 23.1. The number of aliphatic carboxylic acids is 1. The van der Waals surface area contributed by atoms with Crippen molar-refractivity contribution in [2.45, 2.75) is 45.6 Å². The molecule has 0 aliphatic heterocycles. The fourth-order valence-corrected chi connectivity index (χ4v) is 3.35. The highest BCUT2D eigenvalue weighted by Gasteiger charge is 2.22. The molecule has 0 bridgehead atoms. The lowest BCUT2D eigenvalue weighted by Crippen LogP contribution is -2.42. The molecule has 0 aliphatic rings. The second-order valence-electron chi connectivity index (χ2n) is 7.26. The van der Waals surface area contributed by atoms with Crippen molar-refractivity contribution in [1.82, 2.24) is 10.6 Å². The summed E-state index contributed by atoms with van der Waals surface area (Å²) in [5.41, 5.74) is 6.21. The summed E-state index contributed by atoms with van der Waals surface area (Å²) < 4.78 is 10.8. The van der Waals surface area contributed by atoms with Crippen LogP contribution in [0.4, 0.5) is 4.79 Å². The van der Waals surface area contributed by atoms with Crippen LogP contribution in [0.1, 0.15) is 36.0 Å². The van der Waals surface area contributed by atoms with Crippen molar-refractivity contribution in [1.29, 1.82) is 0 Å². The number of fused-ring (bicyclic) bond motifs is 1. The van der Waals surface area contributed by atoms with Crippen molar-refractivity contribution in [3.05, 3.63) is 39.2 Å². The highest BCUT2D eigenvalue weighted by molar-refractivity contribution is 5.90. The topological polar surface area (TPSA) is 161 Å². The van der Waals surface area contributed by atoms with Crippen molar-refractivity contribution in [3.63, 3.8) is 0 Å². The number of carbonyl (C=O) groups excluding carboxylic acids is 2. The Bertz CT molecular complexity index is 1050. The van der Waals surface area contributed by atoms with E-state index in [1.807, 2.05) is 6.92 Å². The molecule has 168 valence electrons. The average molecular weight is 433 g/mol. The summed E-state index contributed by atoms with van der Waals surface area (Å²) >= 11 is 0. The molecule has 31 heavy (non-hydrogen) atoms. The summed E-state index contributed by atoms with van der Waals surface area (Å²) in [4.78, 5) is 47.1. The first kappa shape index (κ1) is 23.7. The molecule has 0 saturated heterocycles. The van der Waals surface area contributed by atoms with E-state index < -0.39 is 29.6 Å². The summed E-state index contributed by atoms with van der Waals surface area (Å²) in [5.74, 6) is -1.27. The number of nitrogens with one attached hydrogen (secondary N) is 2. The van der Waals surface area contributed by atoms with Gasteiger partial charge in [0.1, 0.15) is 17.4 Å². The number of rotatable bonds is 10. The lowest BCUT2D eigenvalue weighted by Gasteiger charge is -2.15. The number of aryl methyl sites for hydroxylation is 2. The van der Waals surface area contributed by atoms with Crippen LogP contribution >= 0.6 is 0 Å². The van der Waals surface area contributed by atoms with Gasteiger partial charge in [0.2, 0.25) is 5.91 Å². The summed E-state index contributed by atoms with van der Waals surface area (Å²) in [5, 5.41) is 14.8. The maximum atomic E-state index is 12.5. The molecule has 1 atom stereocenters. The van der Waals surface area contributed by atoms with Crippen LogP contribution in [-0.4, -0.2) is 42.7 Å². The van der Waals surface area contributed by atoms with Gasteiger partial charge in [-0.1, -0.05) is 0 Å². The number of methoxy groups -OCH3 is 1. The lowest BCUT2D eigenvalue weighted by molar-refractivity contribution is -0.142. The van der Waals surface area contributed by atoms with Crippen molar-refractivity contribution in [2.75, 3.05) is 13.7 Å². The molecular formula is C21H27N3O7.